The molecule has 0 spiro atoms. The number of sulfonamides is 1. The van der Waals surface area contributed by atoms with Gasteiger partial charge in [-0.25, -0.2) is 31.3 Å². The Morgan fingerprint density at radius 1 is 1.06 bits per heavy atom. The lowest BCUT2D eigenvalue weighted by atomic mass is 9.99. The number of amides is 1. The number of carbonyl (C=O) groups excluding carboxylic acids is 1. The number of hydrogen-bond donors (Lipinski definition) is 1. The van der Waals surface area contributed by atoms with Crippen LogP contribution in [0.1, 0.15) is 32.7 Å². The molecule has 1 aliphatic rings. The van der Waals surface area contributed by atoms with Crippen LogP contribution in [0.3, 0.4) is 0 Å². The third-order valence-electron chi connectivity index (χ3n) is 6.05. The molecule has 1 saturated heterocycles. The first-order chi connectivity index (χ1) is 16.1. The first-order valence-corrected chi connectivity index (χ1v) is 12.4. The molecule has 2 heterocycles. The lowest BCUT2D eigenvalue weighted by Gasteiger charge is -2.35. The summed E-state index contributed by atoms with van der Waals surface area (Å²) in [7, 11) is -3.81. The summed E-state index contributed by atoms with van der Waals surface area (Å²) in [5, 5.41) is 0. The molecule has 2 aromatic carbocycles. The normalized spacial score (nSPS) is 16.4. The summed E-state index contributed by atoms with van der Waals surface area (Å²) in [6, 6.07) is 5.56. The van der Waals surface area contributed by atoms with Gasteiger partial charge in [-0.15, -0.1) is 0 Å². The Bertz CT molecular complexity index is 1300. The van der Waals surface area contributed by atoms with Gasteiger partial charge < -0.3 is 9.47 Å². The smallest absolute Gasteiger partial charge is 0.245 e. The molecule has 1 aromatic heterocycles. The van der Waals surface area contributed by atoms with E-state index in [-0.39, 0.29) is 28.3 Å². The van der Waals surface area contributed by atoms with Gasteiger partial charge in [0.2, 0.25) is 15.9 Å². The maximum absolute atomic E-state index is 13.9. The highest BCUT2D eigenvalue weighted by molar-refractivity contribution is 7.89. The number of fused-ring (bicyclic) bond motifs is 1. The van der Waals surface area contributed by atoms with Crippen LogP contribution in [-0.4, -0.2) is 47.9 Å². The van der Waals surface area contributed by atoms with Crippen LogP contribution in [0.5, 0.6) is 0 Å². The largest absolute Gasteiger partial charge is 0.341 e. The number of likely N-dealkylation sites (tertiary alicyclic amines) is 1. The number of benzene rings is 2. The zero-order valence-corrected chi connectivity index (χ0v) is 19.5. The van der Waals surface area contributed by atoms with E-state index in [2.05, 4.69) is 9.71 Å². The number of nitrogens with zero attached hydrogens (tertiary/aromatic N) is 3. The standard InChI is InChI=1S/C23H25F3N4O3S/c1-14(2)22(30-13-27-20-11-18(25)19(26)12-21(20)30)23(31)29-9-7-16(8-10-29)28-34(32,33)17-5-3-15(24)4-6-17/h3-6,11-14,16,22,28H,7-10H2,1-2H3. The van der Waals surface area contributed by atoms with Crippen molar-refractivity contribution in [2.75, 3.05) is 13.1 Å². The molecule has 0 radical (unpaired) electrons. The molecule has 0 saturated carbocycles. The van der Waals surface area contributed by atoms with Crippen molar-refractivity contribution in [3.8, 4) is 0 Å². The molecule has 4 rings (SSSR count). The van der Waals surface area contributed by atoms with Gasteiger partial charge in [-0.05, 0) is 43.0 Å². The fourth-order valence-corrected chi connectivity index (χ4v) is 5.58. The van der Waals surface area contributed by atoms with Crippen LogP contribution in [0.2, 0.25) is 0 Å². The summed E-state index contributed by atoms with van der Waals surface area (Å²) in [6.07, 6.45) is 2.22. The van der Waals surface area contributed by atoms with E-state index in [1.165, 1.54) is 18.5 Å². The van der Waals surface area contributed by atoms with Gasteiger partial charge in [-0.1, -0.05) is 13.8 Å². The lowest BCUT2D eigenvalue weighted by Crippen LogP contribution is -2.48. The molecule has 1 aliphatic heterocycles. The second kappa shape index (κ2) is 9.38. The molecule has 1 fully saturated rings. The number of nitrogens with one attached hydrogen (secondary N) is 1. The van der Waals surface area contributed by atoms with Crippen LogP contribution in [0.25, 0.3) is 11.0 Å². The van der Waals surface area contributed by atoms with E-state index in [1.54, 1.807) is 9.47 Å². The van der Waals surface area contributed by atoms with Gasteiger partial charge in [0.25, 0.3) is 0 Å². The van der Waals surface area contributed by atoms with Crippen LogP contribution in [0.15, 0.2) is 47.6 Å². The number of halogens is 3. The maximum atomic E-state index is 13.9. The molecular formula is C23H25F3N4O3S. The SMILES string of the molecule is CC(C)C(C(=O)N1CCC(NS(=O)(=O)c2ccc(F)cc2)CC1)n1cnc2cc(F)c(F)cc21. The summed E-state index contributed by atoms with van der Waals surface area (Å²) < 4.78 is 69.9. The average Bonchev–Trinajstić information content (AvgIpc) is 3.16. The maximum Gasteiger partial charge on any atom is 0.245 e. The molecule has 1 atom stereocenters. The van der Waals surface area contributed by atoms with Crippen molar-refractivity contribution in [1.29, 1.82) is 0 Å². The Hall–Kier alpha value is -2.92. The van der Waals surface area contributed by atoms with Gasteiger partial charge in [-0.3, -0.25) is 4.79 Å². The number of imidazole rings is 1. The summed E-state index contributed by atoms with van der Waals surface area (Å²) in [5.41, 5.74) is 0.583. The van der Waals surface area contributed by atoms with Crippen molar-refractivity contribution in [2.45, 2.75) is 43.7 Å². The van der Waals surface area contributed by atoms with Crippen LogP contribution in [-0.2, 0) is 14.8 Å². The first-order valence-electron chi connectivity index (χ1n) is 10.9. The molecule has 0 aliphatic carbocycles. The quantitative estimate of drug-likeness (QED) is 0.567. The number of piperidine rings is 1. The molecule has 182 valence electrons. The van der Waals surface area contributed by atoms with E-state index in [1.807, 2.05) is 13.8 Å². The van der Waals surface area contributed by atoms with Gasteiger partial charge in [-0.2, -0.15) is 0 Å². The van der Waals surface area contributed by atoms with E-state index in [4.69, 9.17) is 0 Å². The molecule has 1 amide bonds. The minimum absolute atomic E-state index is 0.0251. The number of carbonyl (C=O) groups is 1. The van der Waals surface area contributed by atoms with Crippen molar-refractivity contribution in [1.82, 2.24) is 19.2 Å². The minimum atomic E-state index is -3.81. The lowest BCUT2D eigenvalue weighted by molar-refractivity contribution is -0.137. The Kier molecular flexibility index (Phi) is 6.68. The summed E-state index contributed by atoms with van der Waals surface area (Å²) in [4.78, 5) is 19.2. The molecular weight excluding hydrogens is 469 g/mol. The second-order valence-corrected chi connectivity index (χ2v) is 10.5. The highest BCUT2D eigenvalue weighted by atomic mass is 32.2. The van der Waals surface area contributed by atoms with Gasteiger partial charge >= 0.3 is 0 Å². The predicted molar refractivity (Wildman–Crippen MR) is 120 cm³/mol. The molecule has 3 aromatic rings. The van der Waals surface area contributed by atoms with Crippen LogP contribution in [0.4, 0.5) is 13.2 Å². The van der Waals surface area contributed by atoms with Crippen molar-refractivity contribution < 1.29 is 26.4 Å². The fraction of sp³-hybridized carbons (Fsp3) is 0.391. The van der Waals surface area contributed by atoms with Crippen molar-refractivity contribution in [2.24, 2.45) is 5.92 Å². The van der Waals surface area contributed by atoms with Gasteiger partial charge in [0.15, 0.2) is 11.6 Å². The molecule has 1 unspecified atom stereocenters. The van der Waals surface area contributed by atoms with Gasteiger partial charge in [0.05, 0.1) is 22.3 Å². The first kappa shape index (κ1) is 24.2. The Balaban J connectivity index is 1.46. The minimum Gasteiger partial charge on any atom is -0.341 e. The van der Waals surface area contributed by atoms with Gasteiger partial charge in [0, 0.05) is 31.3 Å². The van der Waals surface area contributed by atoms with E-state index in [9.17, 15) is 26.4 Å². The van der Waals surface area contributed by atoms with Crippen molar-refractivity contribution in [3.63, 3.8) is 0 Å². The number of hydrogen-bond acceptors (Lipinski definition) is 4. The summed E-state index contributed by atoms with van der Waals surface area (Å²) in [6.45, 7) is 4.37. The van der Waals surface area contributed by atoms with Crippen LogP contribution >= 0.6 is 0 Å². The Morgan fingerprint density at radius 2 is 1.68 bits per heavy atom. The predicted octanol–water partition coefficient (Wildman–Crippen LogP) is 3.62. The van der Waals surface area contributed by atoms with Crippen molar-refractivity contribution >= 4 is 27.0 Å². The van der Waals surface area contributed by atoms with Gasteiger partial charge in [0.1, 0.15) is 11.9 Å². The Labute approximate surface area is 195 Å². The van der Waals surface area contributed by atoms with E-state index < -0.39 is 33.5 Å². The summed E-state index contributed by atoms with van der Waals surface area (Å²) >= 11 is 0. The van der Waals surface area contributed by atoms with Crippen LogP contribution in [0, 0.1) is 23.4 Å². The topological polar surface area (TPSA) is 84.3 Å². The summed E-state index contributed by atoms with van der Waals surface area (Å²) in [5.74, 6) is -2.90. The fourth-order valence-electron chi connectivity index (χ4n) is 4.28. The average molecular weight is 495 g/mol. The third-order valence-corrected chi connectivity index (χ3v) is 7.59. The third kappa shape index (κ3) is 4.80. The number of aromatic nitrogens is 2. The van der Waals surface area contributed by atoms with E-state index in [0.29, 0.717) is 31.4 Å². The molecule has 1 N–H and O–H groups in total. The zero-order chi connectivity index (χ0) is 24.6. The van der Waals surface area contributed by atoms with Crippen LogP contribution < -0.4 is 4.72 Å². The van der Waals surface area contributed by atoms with E-state index >= 15 is 0 Å². The highest BCUT2D eigenvalue weighted by Crippen LogP contribution is 2.28. The molecule has 34 heavy (non-hydrogen) atoms. The highest BCUT2D eigenvalue weighted by Gasteiger charge is 2.33. The molecule has 7 nitrogen and oxygen atoms in total. The monoisotopic (exact) mass is 494 g/mol. The number of rotatable bonds is 6. The molecule has 0 bridgehead atoms. The van der Waals surface area contributed by atoms with Crippen molar-refractivity contribution in [3.05, 3.63) is 60.2 Å². The van der Waals surface area contributed by atoms with E-state index in [0.717, 1.165) is 24.3 Å². The zero-order valence-electron chi connectivity index (χ0n) is 18.7. The second-order valence-electron chi connectivity index (χ2n) is 8.77. The Morgan fingerprint density at radius 3 is 2.29 bits per heavy atom. The molecule has 11 heteroatoms.